The van der Waals surface area contributed by atoms with Gasteiger partial charge in [0.15, 0.2) is 0 Å². The van der Waals surface area contributed by atoms with Gasteiger partial charge in [0, 0.05) is 31.2 Å². The standard InChI is InChI=1S/C22H26N6O2/c1-3-26-15(2)19(12-23-26)21(29)28-17-9-10-18(28)14-25-20(11-17)24-27(22(25)30)13-16-7-5-4-6-8-16/h4-8,12,17-18H,3,9-11,13-14H2,1-2H3/t17-,18+/m0/s1. The van der Waals surface area contributed by atoms with Crippen LogP contribution in [-0.4, -0.2) is 47.0 Å². The first kappa shape index (κ1) is 18.8. The molecule has 2 aliphatic heterocycles. The molecule has 1 amide bonds. The molecule has 0 N–H and O–H groups in total. The second-order valence-corrected chi connectivity index (χ2v) is 8.21. The first-order valence-corrected chi connectivity index (χ1v) is 10.6. The Labute approximate surface area is 174 Å². The normalized spacial score (nSPS) is 20.3. The first-order chi connectivity index (χ1) is 14.6. The average molecular weight is 406 g/mol. The number of rotatable bonds is 4. The van der Waals surface area contributed by atoms with Crippen molar-refractivity contribution in [1.82, 2.24) is 29.0 Å². The van der Waals surface area contributed by atoms with Crippen LogP contribution in [-0.2, 0) is 26.1 Å². The predicted octanol–water partition coefficient (Wildman–Crippen LogP) is 1.85. The van der Waals surface area contributed by atoms with E-state index in [-0.39, 0.29) is 23.7 Å². The zero-order valence-corrected chi connectivity index (χ0v) is 17.4. The molecule has 0 spiro atoms. The van der Waals surface area contributed by atoms with E-state index >= 15 is 0 Å². The second-order valence-electron chi connectivity index (χ2n) is 8.21. The minimum Gasteiger partial charge on any atom is -0.330 e. The maximum atomic E-state index is 13.4. The van der Waals surface area contributed by atoms with Crippen LogP contribution < -0.4 is 5.69 Å². The summed E-state index contributed by atoms with van der Waals surface area (Å²) in [5.41, 5.74) is 2.52. The maximum absolute atomic E-state index is 13.4. The highest BCUT2D eigenvalue weighted by Crippen LogP contribution is 2.32. The highest BCUT2D eigenvalue weighted by atomic mass is 16.2. The van der Waals surface area contributed by atoms with E-state index in [4.69, 9.17) is 0 Å². The van der Waals surface area contributed by atoms with Crippen LogP contribution >= 0.6 is 0 Å². The van der Waals surface area contributed by atoms with Crippen LogP contribution in [0.5, 0.6) is 0 Å². The van der Waals surface area contributed by atoms with Crippen molar-refractivity contribution >= 4 is 5.91 Å². The van der Waals surface area contributed by atoms with Crippen molar-refractivity contribution in [1.29, 1.82) is 0 Å². The van der Waals surface area contributed by atoms with Crippen LogP contribution in [0.4, 0.5) is 0 Å². The molecule has 2 aliphatic rings. The second kappa shape index (κ2) is 7.27. The van der Waals surface area contributed by atoms with Gasteiger partial charge in [-0.1, -0.05) is 30.3 Å². The van der Waals surface area contributed by atoms with E-state index in [9.17, 15) is 9.59 Å². The summed E-state index contributed by atoms with van der Waals surface area (Å²) < 4.78 is 5.17. The predicted molar refractivity (Wildman–Crippen MR) is 111 cm³/mol. The van der Waals surface area contributed by atoms with E-state index < -0.39 is 0 Å². The van der Waals surface area contributed by atoms with Crippen molar-refractivity contribution in [3.63, 3.8) is 0 Å². The molecule has 30 heavy (non-hydrogen) atoms. The van der Waals surface area contributed by atoms with Gasteiger partial charge in [-0.15, -0.1) is 0 Å². The molecule has 3 aromatic rings. The minimum atomic E-state index is -0.0937. The van der Waals surface area contributed by atoms with Crippen molar-refractivity contribution in [3.8, 4) is 0 Å². The SMILES string of the molecule is CCn1ncc(C(=O)N2[C@@H]3CC[C@H]2Cc2nn(Cc4ccccc4)c(=O)n2C3)c1C. The third-order valence-corrected chi connectivity index (χ3v) is 6.47. The van der Waals surface area contributed by atoms with E-state index in [1.54, 1.807) is 15.4 Å². The molecule has 0 saturated carbocycles. The number of nitrogens with zero attached hydrogens (tertiary/aromatic N) is 6. The fourth-order valence-corrected chi connectivity index (χ4v) is 4.89. The summed E-state index contributed by atoms with van der Waals surface area (Å²) >= 11 is 0. The number of hydrogen-bond donors (Lipinski definition) is 0. The van der Waals surface area contributed by atoms with Crippen LogP contribution in [0.15, 0.2) is 41.3 Å². The lowest BCUT2D eigenvalue weighted by molar-refractivity contribution is 0.0664. The van der Waals surface area contributed by atoms with Gasteiger partial charge >= 0.3 is 5.69 Å². The molecule has 4 heterocycles. The molecule has 0 unspecified atom stereocenters. The van der Waals surface area contributed by atoms with Gasteiger partial charge in [-0.2, -0.15) is 10.2 Å². The fourth-order valence-electron chi connectivity index (χ4n) is 4.89. The Morgan fingerprint density at radius 3 is 2.63 bits per heavy atom. The lowest BCUT2D eigenvalue weighted by Crippen LogP contribution is -2.43. The Morgan fingerprint density at radius 2 is 1.90 bits per heavy atom. The van der Waals surface area contributed by atoms with Gasteiger partial charge in [-0.3, -0.25) is 14.0 Å². The lowest BCUT2D eigenvalue weighted by atomic mass is 10.1. The largest absolute Gasteiger partial charge is 0.346 e. The summed E-state index contributed by atoms with van der Waals surface area (Å²) in [6.07, 6.45) is 4.14. The van der Waals surface area contributed by atoms with Crippen molar-refractivity contribution in [2.75, 3.05) is 0 Å². The third-order valence-electron chi connectivity index (χ3n) is 6.47. The molecule has 156 valence electrons. The fraction of sp³-hybridized carbons (Fsp3) is 0.455. The van der Waals surface area contributed by atoms with E-state index in [0.29, 0.717) is 25.1 Å². The van der Waals surface area contributed by atoms with Gasteiger partial charge < -0.3 is 4.90 Å². The van der Waals surface area contributed by atoms with Gasteiger partial charge in [0.1, 0.15) is 5.82 Å². The molecule has 8 nitrogen and oxygen atoms in total. The smallest absolute Gasteiger partial charge is 0.330 e. The number of benzene rings is 1. The van der Waals surface area contributed by atoms with Crippen LogP contribution in [0.1, 0.15) is 47.2 Å². The summed E-state index contributed by atoms with van der Waals surface area (Å²) in [5.74, 6) is 0.803. The molecule has 1 fully saturated rings. The molecule has 1 saturated heterocycles. The number of amides is 1. The third kappa shape index (κ3) is 2.98. The van der Waals surface area contributed by atoms with Crippen LogP contribution in [0.3, 0.4) is 0 Å². The van der Waals surface area contributed by atoms with E-state index in [1.165, 1.54) is 0 Å². The Balaban J connectivity index is 1.43. The number of aromatic nitrogens is 5. The Morgan fingerprint density at radius 1 is 1.13 bits per heavy atom. The summed E-state index contributed by atoms with van der Waals surface area (Å²) in [4.78, 5) is 28.4. The summed E-state index contributed by atoms with van der Waals surface area (Å²) in [6, 6.07) is 9.98. The van der Waals surface area contributed by atoms with Gasteiger partial charge in [-0.25, -0.2) is 9.48 Å². The molecular weight excluding hydrogens is 380 g/mol. The highest BCUT2D eigenvalue weighted by molar-refractivity contribution is 5.95. The number of hydrogen-bond acceptors (Lipinski definition) is 4. The summed E-state index contributed by atoms with van der Waals surface area (Å²) in [7, 11) is 0. The van der Waals surface area contributed by atoms with E-state index in [2.05, 4.69) is 10.2 Å². The van der Waals surface area contributed by atoms with E-state index in [0.717, 1.165) is 36.5 Å². The lowest BCUT2D eigenvalue weighted by Gasteiger charge is -2.27. The monoisotopic (exact) mass is 406 g/mol. The molecule has 5 rings (SSSR count). The van der Waals surface area contributed by atoms with Crippen LogP contribution in [0.2, 0.25) is 0 Å². The van der Waals surface area contributed by atoms with Crippen LogP contribution in [0, 0.1) is 6.92 Å². The van der Waals surface area contributed by atoms with Crippen molar-refractivity contribution < 1.29 is 4.79 Å². The molecule has 2 bridgehead atoms. The average Bonchev–Trinajstić information content (AvgIpc) is 3.36. The van der Waals surface area contributed by atoms with Gasteiger partial charge in [0.25, 0.3) is 5.91 Å². The van der Waals surface area contributed by atoms with Crippen molar-refractivity contribution in [2.24, 2.45) is 0 Å². The zero-order valence-electron chi connectivity index (χ0n) is 17.4. The number of aryl methyl sites for hydroxylation is 1. The first-order valence-electron chi connectivity index (χ1n) is 10.6. The summed E-state index contributed by atoms with van der Waals surface area (Å²) in [5, 5.41) is 8.98. The zero-order chi connectivity index (χ0) is 20.8. The molecule has 2 atom stereocenters. The quantitative estimate of drug-likeness (QED) is 0.663. The van der Waals surface area contributed by atoms with Gasteiger partial charge in [0.2, 0.25) is 0 Å². The number of carbonyl (C=O) groups excluding carboxylic acids is 1. The Bertz CT molecular complexity index is 1140. The maximum Gasteiger partial charge on any atom is 0.346 e. The molecule has 0 aliphatic carbocycles. The summed E-state index contributed by atoms with van der Waals surface area (Å²) in [6.45, 7) is 5.67. The molecular formula is C22H26N6O2. The topological polar surface area (TPSA) is 78.0 Å². The molecule has 2 aromatic heterocycles. The molecule has 1 aromatic carbocycles. The number of carbonyl (C=O) groups is 1. The molecule has 8 heteroatoms. The Kier molecular flexibility index (Phi) is 4.56. The minimum absolute atomic E-state index is 0.0141. The van der Waals surface area contributed by atoms with Gasteiger partial charge in [-0.05, 0) is 32.3 Å². The molecule has 0 radical (unpaired) electrons. The van der Waals surface area contributed by atoms with Gasteiger partial charge in [0.05, 0.1) is 24.3 Å². The highest BCUT2D eigenvalue weighted by Gasteiger charge is 2.42. The number of fused-ring (bicyclic) bond motifs is 3. The van der Waals surface area contributed by atoms with Crippen molar-refractivity contribution in [3.05, 3.63) is 69.7 Å². The Hall–Kier alpha value is -3.16. The van der Waals surface area contributed by atoms with Crippen LogP contribution in [0.25, 0.3) is 0 Å². The van der Waals surface area contributed by atoms with Crippen molar-refractivity contribution in [2.45, 2.75) is 64.8 Å². The van der Waals surface area contributed by atoms with E-state index in [1.807, 2.05) is 53.8 Å².